The smallest absolute Gasteiger partial charge is 0.220 e. The molecule has 0 aliphatic carbocycles. The van der Waals surface area contributed by atoms with Crippen molar-refractivity contribution in [3.05, 3.63) is 48.7 Å². The maximum absolute atomic E-state index is 11.5. The number of nitrogens with zero attached hydrogens (tertiary/aromatic N) is 1. The van der Waals surface area contributed by atoms with Crippen LogP contribution in [-0.2, 0) is 11.8 Å². The molecule has 2 aromatic rings. The molecule has 20 heavy (non-hydrogen) atoms. The fourth-order valence-corrected chi connectivity index (χ4v) is 2.16. The Morgan fingerprint density at radius 3 is 3.05 bits per heavy atom. The minimum absolute atomic E-state index is 0.0651. The summed E-state index contributed by atoms with van der Waals surface area (Å²) in [5.74, 6) is -0.0651. The van der Waals surface area contributed by atoms with E-state index in [1.165, 1.54) is 0 Å². The number of carbonyl (C=O) groups is 1. The molecular formula is C16H20N2O2. The van der Waals surface area contributed by atoms with E-state index in [1.54, 1.807) is 6.08 Å². The summed E-state index contributed by atoms with van der Waals surface area (Å²) in [6.45, 7) is 3.81. The van der Waals surface area contributed by atoms with Gasteiger partial charge in [0.2, 0.25) is 5.91 Å². The molecule has 0 saturated heterocycles. The molecule has 0 fully saturated rings. The van der Waals surface area contributed by atoms with Crippen LogP contribution in [0.25, 0.3) is 10.9 Å². The van der Waals surface area contributed by atoms with Crippen molar-refractivity contribution in [3.63, 3.8) is 0 Å². The van der Waals surface area contributed by atoms with Gasteiger partial charge in [-0.1, -0.05) is 12.1 Å². The van der Waals surface area contributed by atoms with E-state index < -0.39 is 6.10 Å². The molecule has 1 aromatic carbocycles. The van der Waals surface area contributed by atoms with E-state index in [2.05, 4.69) is 11.9 Å². The van der Waals surface area contributed by atoms with Crippen molar-refractivity contribution >= 4 is 16.8 Å². The molecule has 4 heteroatoms. The third-order valence-corrected chi connectivity index (χ3v) is 3.36. The summed E-state index contributed by atoms with van der Waals surface area (Å²) in [6.07, 6.45) is 4.07. The van der Waals surface area contributed by atoms with Crippen molar-refractivity contribution in [1.29, 1.82) is 0 Å². The second-order valence-electron chi connectivity index (χ2n) is 4.89. The number of aryl methyl sites for hydroxylation is 1. The Morgan fingerprint density at radius 2 is 2.30 bits per heavy atom. The number of nitrogens with one attached hydrogen (secondary N) is 1. The first-order chi connectivity index (χ1) is 9.61. The van der Waals surface area contributed by atoms with Gasteiger partial charge in [0.1, 0.15) is 0 Å². The highest BCUT2D eigenvalue weighted by atomic mass is 16.3. The maximum Gasteiger partial charge on any atom is 0.220 e. The fourth-order valence-electron chi connectivity index (χ4n) is 2.16. The molecule has 0 aliphatic rings. The molecule has 1 atom stereocenters. The summed E-state index contributed by atoms with van der Waals surface area (Å²) in [7, 11) is 1.98. The van der Waals surface area contributed by atoms with Crippen LogP contribution in [0.3, 0.4) is 0 Å². The largest absolute Gasteiger partial charge is 0.387 e. The van der Waals surface area contributed by atoms with Gasteiger partial charge in [-0.3, -0.25) is 4.79 Å². The Bertz CT molecular complexity index is 616. The summed E-state index contributed by atoms with van der Waals surface area (Å²) in [6, 6.07) is 7.83. The average Bonchev–Trinajstić information content (AvgIpc) is 2.83. The van der Waals surface area contributed by atoms with Crippen LogP contribution in [0, 0.1) is 0 Å². The number of fused-ring (bicyclic) bond motifs is 1. The molecule has 1 unspecified atom stereocenters. The highest BCUT2D eigenvalue weighted by Gasteiger charge is 2.10. The van der Waals surface area contributed by atoms with Crippen molar-refractivity contribution in [2.24, 2.45) is 7.05 Å². The molecule has 1 heterocycles. The number of amides is 1. The molecule has 0 saturated carbocycles. The lowest BCUT2D eigenvalue weighted by Gasteiger charge is -2.12. The molecule has 0 spiro atoms. The maximum atomic E-state index is 11.5. The zero-order chi connectivity index (χ0) is 14.5. The third kappa shape index (κ3) is 3.27. The first kappa shape index (κ1) is 14.3. The average molecular weight is 272 g/mol. The van der Waals surface area contributed by atoms with Crippen LogP contribution in [0.1, 0.15) is 24.5 Å². The lowest BCUT2D eigenvalue weighted by atomic mass is 10.1. The van der Waals surface area contributed by atoms with E-state index >= 15 is 0 Å². The number of aliphatic hydroxyl groups is 1. The van der Waals surface area contributed by atoms with Crippen molar-refractivity contribution in [2.45, 2.75) is 18.9 Å². The first-order valence-corrected chi connectivity index (χ1v) is 6.72. The Labute approximate surface area is 118 Å². The van der Waals surface area contributed by atoms with Gasteiger partial charge in [-0.2, -0.15) is 0 Å². The van der Waals surface area contributed by atoms with Crippen LogP contribution in [0.2, 0.25) is 0 Å². The lowest BCUT2D eigenvalue weighted by molar-refractivity contribution is -0.121. The minimum atomic E-state index is -0.688. The van der Waals surface area contributed by atoms with Gasteiger partial charge in [0, 0.05) is 31.7 Å². The number of aromatic nitrogens is 1. The summed E-state index contributed by atoms with van der Waals surface area (Å²) in [4.78, 5) is 11.5. The summed E-state index contributed by atoms with van der Waals surface area (Å²) in [5.41, 5.74) is 1.93. The predicted molar refractivity (Wildman–Crippen MR) is 80.3 cm³/mol. The van der Waals surface area contributed by atoms with Gasteiger partial charge in [-0.15, -0.1) is 6.58 Å². The van der Waals surface area contributed by atoms with E-state index in [0.29, 0.717) is 12.8 Å². The third-order valence-electron chi connectivity index (χ3n) is 3.36. The molecule has 1 amide bonds. The number of aliphatic hydroxyl groups excluding tert-OH is 1. The molecule has 106 valence electrons. The number of allylic oxidation sites excluding steroid dienone is 1. The number of hydrogen-bond acceptors (Lipinski definition) is 2. The summed E-state index contributed by atoms with van der Waals surface area (Å²) >= 11 is 0. The van der Waals surface area contributed by atoms with Gasteiger partial charge in [0.15, 0.2) is 0 Å². The van der Waals surface area contributed by atoms with Gasteiger partial charge in [-0.25, -0.2) is 0 Å². The SMILES string of the molecule is C=CCCC(=O)NCC(O)c1ccc2c(ccn2C)c1. The Hall–Kier alpha value is -2.07. The lowest BCUT2D eigenvalue weighted by Crippen LogP contribution is -2.27. The van der Waals surface area contributed by atoms with Crippen molar-refractivity contribution in [1.82, 2.24) is 9.88 Å². The summed E-state index contributed by atoms with van der Waals surface area (Å²) in [5, 5.41) is 13.9. The van der Waals surface area contributed by atoms with Gasteiger partial charge in [0.05, 0.1) is 6.10 Å². The van der Waals surface area contributed by atoms with Crippen LogP contribution in [0.4, 0.5) is 0 Å². The second kappa shape index (κ2) is 6.39. The van der Waals surface area contributed by atoms with Gasteiger partial charge < -0.3 is 15.0 Å². The highest BCUT2D eigenvalue weighted by Crippen LogP contribution is 2.20. The first-order valence-electron chi connectivity index (χ1n) is 6.72. The zero-order valence-electron chi connectivity index (χ0n) is 11.7. The molecule has 4 nitrogen and oxygen atoms in total. The summed E-state index contributed by atoms with van der Waals surface area (Å²) < 4.78 is 2.03. The van der Waals surface area contributed by atoms with Crippen molar-refractivity contribution < 1.29 is 9.90 Å². The molecule has 0 aliphatic heterocycles. The molecule has 1 aromatic heterocycles. The fraction of sp³-hybridized carbons (Fsp3) is 0.312. The van der Waals surface area contributed by atoms with Crippen LogP contribution < -0.4 is 5.32 Å². The Kier molecular flexibility index (Phi) is 4.58. The minimum Gasteiger partial charge on any atom is -0.387 e. The van der Waals surface area contributed by atoms with Crippen LogP contribution in [0.15, 0.2) is 43.1 Å². The van der Waals surface area contributed by atoms with Gasteiger partial charge in [0.25, 0.3) is 0 Å². The number of rotatable bonds is 6. The van der Waals surface area contributed by atoms with Crippen LogP contribution in [0.5, 0.6) is 0 Å². The molecule has 2 rings (SSSR count). The number of hydrogen-bond donors (Lipinski definition) is 2. The number of carbonyl (C=O) groups excluding carboxylic acids is 1. The van der Waals surface area contributed by atoms with E-state index in [4.69, 9.17) is 0 Å². The van der Waals surface area contributed by atoms with Gasteiger partial charge in [-0.05, 0) is 35.6 Å². The monoisotopic (exact) mass is 272 g/mol. The Balaban J connectivity index is 1.98. The molecule has 0 bridgehead atoms. The van der Waals surface area contributed by atoms with Gasteiger partial charge >= 0.3 is 0 Å². The second-order valence-corrected chi connectivity index (χ2v) is 4.89. The molecule has 0 radical (unpaired) electrons. The van der Waals surface area contributed by atoms with E-state index in [1.807, 2.05) is 42.1 Å². The standard InChI is InChI=1S/C16H20N2O2/c1-3-4-5-16(20)17-11-15(19)13-6-7-14-12(10-13)8-9-18(14)2/h3,6-10,15,19H,1,4-5,11H2,2H3,(H,17,20). The van der Waals surface area contributed by atoms with Crippen molar-refractivity contribution in [2.75, 3.05) is 6.54 Å². The zero-order valence-corrected chi connectivity index (χ0v) is 11.7. The highest BCUT2D eigenvalue weighted by molar-refractivity contribution is 5.81. The van der Waals surface area contributed by atoms with Crippen LogP contribution in [-0.4, -0.2) is 22.1 Å². The molecular weight excluding hydrogens is 252 g/mol. The number of benzene rings is 1. The normalized spacial score (nSPS) is 12.3. The topological polar surface area (TPSA) is 54.3 Å². The quantitative estimate of drug-likeness (QED) is 0.793. The molecule has 2 N–H and O–H groups in total. The van der Waals surface area contributed by atoms with Crippen molar-refractivity contribution in [3.8, 4) is 0 Å². The van der Waals surface area contributed by atoms with E-state index in [0.717, 1.165) is 16.5 Å². The predicted octanol–water partition coefficient (Wildman–Crippen LogP) is 2.29. The van der Waals surface area contributed by atoms with Crippen LogP contribution >= 0.6 is 0 Å². The van der Waals surface area contributed by atoms with E-state index in [-0.39, 0.29) is 12.5 Å². The Morgan fingerprint density at radius 1 is 1.50 bits per heavy atom. The van der Waals surface area contributed by atoms with E-state index in [9.17, 15) is 9.90 Å².